The summed E-state index contributed by atoms with van der Waals surface area (Å²) in [5.41, 5.74) is 0.411. The SMILES string of the molecule is C[C@H](CCC(=O)NCCS(=O)(=O)O)[C@H]1CC[C@@H]2[C@@H]3[C@@H](O)C[C@@H]4C[C@H](O)CC[C@]4(C)[C@H]3CC[C@@]21C. The van der Waals surface area contributed by atoms with Gasteiger partial charge in [-0.1, -0.05) is 20.8 Å². The molecule has 0 aromatic rings. The fourth-order valence-corrected chi connectivity index (χ4v) is 9.50. The van der Waals surface area contributed by atoms with E-state index in [4.69, 9.17) is 4.55 Å². The van der Waals surface area contributed by atoms with Crippen molar-refractivity contribution in [2.24, 2.45) is 46.3 Å². The lowest BCUT2D eigenvalue weighted by atomic mass is 9.43. The summed E-state index contributed by atoms with van der Waals surface area (Å²) in [4.78, 5) is 12.2. The molecule has 4 rings (SSSR count). The highest BCUT2D eigenvalue weighted by atomic mass is 32.2. The first-order valence-electron chi connectivity index (χ1n) is 13.4. The summed E-state index contributed by atoms with van der Waals surface area (Å²) in [6, 6.07) is 0. The first-order valence-corrected chi connectivity index (χ1v) is 15.0. The van der Waals surface area contributed by atoms with Crippen LogP contribution in [0.25, 0.3) is 0 Å². The molecule has 0 spiro atoms. The van der Waals surface area contributed by atoms with Gasteiger partial charge < -0.3 is 15.5 Å². The van der Waals surface area contributed by atoms with Gasteiger partial charge in [0.2, 0.25) is 5.91 Å². The summed E-state index contributed by atoms with van der Waals surface area (Å²) in [6.07, 6.45) is 8.87. The van der Waals surface area contributed by atoms with E-state index in [9.17, 15) is 23.4 Å². The molecule has 1 amide bonds. The number of hydrogen-bond donors (Lipinski definition) is 4. The quantitative estimate of drug-likeness (QED) is 0.398. The summed E-state index contributed by atoms with van der Waals surface area (Å²) in [7, 11) is -4.06. The molecule has 10 atom stereocenters. The van der Waals surface area contributed by atoms with Crippen molar-refractivity contribution in [2.45, 2.75) is 97.2 Å². The van der Waals surface area contributed by atoms with Crippen LogP contribution in [0.5, 0.6) is 0 Å². The van der Waals surface area contributed by atoms with E-state index < -0.39 is 15.9 Å². The van der Waals surface area contributed by atoms with Crippen LogP contribution in [0, 0.1) is 46.3 Å². The molecule has 0 aromatic carbocycles. The predicted octanol–water partition coefficient (Wildman–Crippen LogP) is 3.40. The van der Waals surface area contributed by atoms with Crippen LogP contribution in [0.4, 0.5) is 0 Å². The van der Waals surface area contributed by atoms with E-state index in [0.717, 1.165) is 51.4 Å². The van der Waals surface area contributed by atoms with Crippen LogP contribution in [0.15, 0.2) is 0 Å². The van der Waals surface area contributed by atoms with Crippen molar-refractivity contribution in [3.05, 3.63) is 0 Å². The maximum absolute atomic E-state index is 12.2. The Morgan fingerprint density at radius 2 is 1.71 bits per heavy atom. The largest absolute Gasteiger partial charge is 0.393 e. The minimum Gasteiger partial charge on any atom is -0.393 e. The Bertz CT molecular complexity index is 863. The van der Waals surface area contributed by atoms with Gasteiger partial charge in [0.15, 0.2) is 0 Å². The third-order valence-corrected chi connectivity index (χ3v) is 11.6. The number of carbonyl (C=O) groups excluding carboxylic acids is 1. The third kappa shape index (κ3) is 4.94. The number of fused-ring (bicyclic) bond motifs is 5. The van der Waals surface area contributed by atoms with Crippen molar-refractivity contribution in [3.63, 3.8) is 0 Å². The molecule has 0 aliphatic heterocycles. The Kier molecular flexibility index (Phi) is 7.47. The molecular weight excluding hydrogens is 454 g/mol. The second-order valence-electron chi connectivity index (χ2n) is 12.6. The Morgan fingerprint density at radius 1 is 1.03 bits per heavy atom. The summed E-state index contributed by atoms with van der Waals surface area (Å²) in [5.74, 6) is 2.10. The van der Waals surface area contributed by atoms with Crippen molar-refractivity contribution < 1.29 is 28.0 Å². The topological polar surface area (TPSA) is 124 Å². The molecule has 4 saturated carbocycles. The minimum absolute atomic E-state index is 0.0625. The number of aliphatic hydroxyl groups is 2. The van der Waals surface area contributed by atoms with Gasteiger partial charge >= 0.3 is 0 Å². The molecule has 8 heteroatoms. The molecule has 0 heterocycles. The fourth-order valence-electron chi connectivity index (χ4n) is 9.14. The van der Waals surface area contributed by atoms with E-state index in [2.05, 4.69) is 26.1 Å². The highest BCUT2D eigenvalue weighted by molar-refractivity contribution is 7.85. The number of amides is 1. The minimum atomic E-state index is -4.06. The average Bonchev–Trinajstić information content (AvgIpc) is 3.09. The van der Waals surface area contributed by atoms with Crippen molar-refractivity contribution in [1.29, 1.82) is 0 Å². The highest BCUT2D eigenvalue weighted by Crippen LogP contribution is 2.68. The van der Waals surface area contributed by atoms with Crippen molar-refractivity contribution in [2.75, 3.05) is 12.3 Å². The van der Waals surface area contributed by atoms with E-state index >= 15 is 0 Å². The number of carbonyl (C=O) groups is 1. The smallest absolute Gasteiger partial charge is 0.266 e. The summed E-state index contributed by atoms with van der Waals surface area (Å²) >= 11 is 0. The van der Waals surface area contributed by atoms with Crippen LogP contribution < -0.4 is 5.32 Å². The van der Waals surface area contributed by atoms with Crippen molar-refractivity contribution in [3.8, 4) is 0 Å². The Balaban J connectivity index is 1.39. The van der Waals surface area contributed by atoms with Gasteiger partial charge in [-0.05, 0) is 104 Å². The van der Waals surface area contributed by atoms with Crippen LogP contribution >= 0.6 is 0 Å². The van der Waals surface area contributed by atoms with Gasteiger partial charge in [-0.25, -0.2) is 0 Å². The maximum Gasteiger partial charge on any atom is 0.266 e. The number of nitrogens with one attached hydrogen (secondary N) is 1. The first-order chi connectivity index (χ1) is 15.8. The normalized spacial score (nSPS) is 45.1. The van der Waals surface area contributed by atoms with Gasteiger partial charge in [0.05, 0.1) is 18.0 Å². The van der Waals surface area contributed by atoms with Gasteiger partial charge in [-0.2, -0.15) is 8.42 Å². The van der Waals surface area contributed by atoms with E-state index in [1.165, 1.54) is 6.42 Å². The fraction of sp³-hybridized carbons (Fsp3) is 0.962. The van der Waals surface area contributed by atoms with E-state index in [1.54, 1.807) is 0 Å². The zero-order valence-electron chi connectivity index (χ0n) is 21.1. The van der Waals surface area contributed by atoms with E-state index in [1.807, 2.05) is 0 Å². The number of aliphatic hydroxyl groups excluding tert-OH is 2. The Hall–Kier alpha value is -0.700. The second-order valence-corrected chi connectivity index (χ2v) is 14.2. The zero-order valence-corrected chi connectivity index (χ0v) is 21.9. The Labute approximate surface area is 205 Å². The lowest BCUT2D eigenvalue weighted by Crippen LogP contribution is -2.58. The lowest BCUT2D eigenvalue weighted by Gasteiger charge is -2.62. The summed E-state index contributed by atoms with van der Waals surface area (Å²) in [5, 5.41) is 24.2. The first kappa shape index (κ1) is 26.4. The molecule has 196 valence electrons. The van der Waals surface area contributed by atoms with Crippen molar-refractivity contribution in [1.82, 2.24) is 5.32 Å². The lowest BCUT2D eigenvalue weighted by molar-refractivity contribution is -0.174. The maximum atomic E-state index is 12.2. The Morgan fingerprint density at radius 3 is 2.41 bits per heavy atom. The van der Waals surface area contributed by atoms with E-state index in [0.29, 0.717) is 41.9 Å². The molecular formula is C26H45NO6S. The van der Waals surface area contributed by atoms with Crippen LogP contribution in [-0.4, -0.2) is 53.6 Å². The molecule has 34 heavy (non-hydrogen) atoms. The van der Waals surface area contributed by atoms with Gasteiger partial charge in [0, 0.05) is 13.0 Å². The van der Waals surface area contributed by atoms with Crippen molar-refractivity contribution >= 4 is 16.0 Å². The summed E-state index contributed by atoms with van der Waals surface area (Å²) < 4.78 is 30.5. The average molecular weight is 500 g/mol. The molecule has 4 fully saturated rings. The molecule has 0 aromatic heterocycles. The monoisotopic (exact) mass is 499 g/mol. The molecule has 0 radical (unpaired) electrons. The van der Waals surface area contributed by atoms with Crippen LogP contribution in [-0.2, 0) is 14.9 Å². The summed E-state index contributed by atoms with van der Waals surface area (Å²) in [6.45, 7) is 7.05. The molecule has 0 bridgehead atoms. The second kappa shape index (κ2) is 9.64. The van der Waals surface area contributed by atoms with Crippen LogP contribution in [0.2, 0.25) is 0 Å². The van der Waals surface area contributed by atoms with Gasteiger partial charge in [0.25, 0.3) is 10.1 Å². The number of hydrogen-bond acceptors (Lipinski definition) is 5. The molecule has 4 N–H and O–H groups in total. The zero-order chi connectivity index (χ0) is 24.9. The predicted molar refractivity (Wildman–Crippen MR) is 130 cm³/mol. The van der Waals surface area contributed by atoms with Gasteiger partial charge in [0.1, 0.15) is 0 Å². The molecule has 7 nitrogen and oxygen atoms in total. The highest BCUT2D eigenvalue weighted by Gasteiger charge is 2.62. The van der Waals surface area contributed by atoms with Crippen LogP contribution in [0.1, 0.15) is 85.0 Å². The van der Waals surface area contributed by atoms with Gasteiger partial charge in [-0.15, -0.1) is 0 Å². The van der Waals surface area contributed by atoms with Gasteiger partial charge in [-0.3, -0.25) is 9.35 Å². The molecule has 4 aliphatic carbocycles. The third-order valence-electron chi connectivity index (χ3n) is 10.9. The molecule has 4 aliphatic rings. The van der Waals surface area contributed by atoms with E-state index in [-0.39, 0.29) is 35.5 Å². The number of rotatable bonds is 7. The molecule has 0 saturated heterocycles. The standard InChI is InChI=1S/C26H45NO6S/c1-16(4-7-23(30)27-12-13-34(31,32)33)19-5-6-20-24-21(9-11-26(19,20)3)25(2)10-8-18(28)14-17(25)15-22(24)29/h16-22,24,28-29H,4-15H2,1-3H3,(H,27,30)(H,31,32,33)/t16-,17+,18-,19-,20-,21+,22+,24+,25+,26-/m1/s1. The molecule has 0 unspecified atom stereocenters. The van der Waals surface area contributed by atoms with Crippen LogP contribution in [0.3, 0.4) is 0 Å².